The van der Waals surface area contributed by atoms with Gasteiger partial charge in [-0.25, -0.2) is 4.39 Å². The van der Waals surface area contributed by atoms with Gasteiger partial charge in [0.05, 0.1) is 5.69 Å². The Morgan fingerprint density at radius 1 is 1.33 bits per heavy atom. The van der Waals surface area contributed by atoms with Crippen molar-refractivity contribution in [2.24, 2.45) is 0 Å². The van der Waals surface area contributed by atoms with Crippen molar-refractivity contribution in [3.05, 3.63) is 29.6 Å². The summed E-state index contributed by atoms with van der Waals surface area (Å²) >= 11 is 0. The molecule has 1 aromatic carbocycles. The third-order valence-corrected chi connectivity index (χ3v) is 3.76. The van der Waals surface area contributed by atoms with Crippen LogP contribution in [0.4, 0.5) is 10.1 Å². The Morgan fingerprint density at radius 2 is 2.17 bits per heavy atom. The van der Waals surface area contributed by atoms with E-state index in [-0.39, 0.29) is 5.82 Å². The fraction of sp³-hybridized carbons (Fsp3) is 0.600. The number of nitrogens with one attached hydrogen (secondary N) is 1. The summed E-state index contributed by atoms with van der Waals surface area (Å²) in [4.78, 5) is 2.23. The fourth-order valence-electron chi connectivity index (χ4n) is 2.73. The zero-order chi connectivity index (χ0) is 13.0. The zero-order valence-corrected chi connectivity index (χ0v) is 11.4. The van der Waals surface area contributed by atoms with E-state index in [0.29, 0.717) is 12.6 Å². The van der Waals surface area contributed by atoms with E-state index in [1.165, 1.54) is 19.3 Å². The van der Waals surface area contributed by atoms with Crippen LogP contribution in [0.2, 0.25) is 0 Å². The Balaban J connectivity index is 2.20. The largest absolute Gasteiger partial charge is 0.366 e. The molecule has 2 nitrogen and oxygen atoms in total. The first-order valence-electron chi connectivity index (χ1n) is 6.92. The highest BCUT2D eigenvalue weighted by molar-refractivity contribution is 5.50. The van der Waals surface area contributed by atoms with E-state index in [9.17, 15) is 4.39 Å². The molecule has 0 amide bonds. The molecule has 0 bridgehead atoms. The molecule has 1 saturated heterocycles. The summed E-state index contributed by atoms with van der Waals surface area (Å²) in [5.74, 6) is -0.0866. The molecule has 1 aliphatic rings. The van der Waals surface area contributed by atoms with Gasteiger partial charge in [0.2, 0.25) is 0 Å². The Kier molecular flexibility index (Phi) is 4.59. The Morgan fingerprint density at radius 3 is 2.89 bits per heavy atom. The first-order chi connectivity index (χ1) is 8.72. The summed E-state index contributed by atoms with van der Waals surface area (Å²) in [6.07, 6.45) is 4.86. The van der Waals surface area contributed by atoms with Crippen LogP contribution in [0.5, 0.6) is 0 Å². The van der Waals surface area contributed by atoms with E-state index < -0.39 is 0 Å². The predicted molar refractivity (Wildman–Crippen MR) is 74.4 cm³/mol. The van der Waals surface area contributed by atoms with E-state index in [1.807, 2.05) is 19.2 Å². The first kappa shape index (κ1) is 13.3. The molecule has 1 aliphatic heterocycles. The lowest BCUT2D eigenvalue weighted by atomic mass is 10.1. The quantitative estimate of drug-likeness (QED) is 0.885. The molecule has 3 heteroatoms. The number of hydrogen-bond donors (Lipinski definition) is 1. The second-order valence-electron chi connectivity index (χ2n) is 5.21. The highest BCUT2D eigenvalue weighted by Gasteiger charge is 2.19. The number of benzene rings is 1. The van der Waals surface area contributed by atoms with E-state index >= 15 is 0 Å². The normalized spacial score (nSPS) is 20.8. The number of nitrogens with zero attached hydrogens (tertiary/aromatic N) is 1. The molecule has 1 unspecified atom stereocenters. The number of rotatable bonds is 3. The van der Waals surface area contributed by atoms with Gasteiger partial charge in [-0.05, 0) is 44.5 Å². The molecule has 1 atom stereocenters. The lowest BCUT2D eigenvalue weighted by molar-refractivity contribution is 0.579. The van der Waals surface area contributed by atoms with Gasteiger partial charge in [0, 0.05) is 19.1 Å². The van der Waals surface area contributed by atoms with Crippen molar-refractivity contribution in [1.29, 1.82) is 0 Å². The molecule has 0 aliphatic carbocycles. The molecular formula is C15H23FN2. The number of hydrogen-bond acceptors (Lipinski definition) is 2. The molecule has 1 fully saturated rings. The fourth-order valence-corrected chi connectivity index (χ4v) is 2.73. The maximum Gasteiger partial charge on any atom is 0.146 e. The molecule has 1 N–H and O–H groups in total. The Labute approximate surface area is 109 Å². The summed E-state index contributed by atoms with van der Waals surface area (Å²) in [6, 6.07) is 6.05. The molecule has 100 valence electrons. The minimum atomic E-state index is -0.0866. The molecule has 2 rings (SSSR count). The average Bonchev–Trinajstić information content (AvgIpc) is 2.55. The summed E-state index contributed by atoms with van der Waals surface area (Å²) < 4.78 is 14.2. The smallest absolute Gasteiger partial charge is 0.146 e. The lowest BCUT2D eigenvalue weighted by Crippen LogP contribution is -2.33. The number of halogens is 1. The molecule has 1 aromatic rings. The van der Waals surface area contributed by atoms with Crippen LogP contribution in [-0.2, 0) is 6.54 Å². The zero-order valence-electron chi connectivity index (χ0n) is 11.4. The average molecular weight is 250 g/mol. The maximum atomic E-state index is 14.2. The highest BCUT2D eigenvalue weighted by atomic mass is 19.1. The van der Waals surface area contributed by atoms with Crippen molar-refractivity contribution in [2.45, 2.75) is 45.2 Å². The van der Waals surface area contributed by atoms with Gasteiger partial charge < -0.3 is 10.2 Å². The predicted octanol–water partition coefficient (Wildman–Crippen LogP) is 3.31. The lowest BCUT2D eigenvalue weighted by Gasteiger charge is -2.30. The first-order valence-corrected chi connectivity index (χ1v) is 6.92. The van der Waals surface area contributed by atoms with Crippen LogP contribution < -0.4 is 10.2 Å². The molecule has 1 heterocycles. The van der Waals surface area contributed by atoms with Gasteiger partial charge in [0.25, 0.3) is 0 Å². The second kappa shape index (κ2) is 6.19. The van der Waals surface area contributed by atoms with Gasteiger partial charge in [0.1, 0.15) is 5.82 Å². The Hall–Kier alpha value is -1.09. The van der Waals surface area contributed by atoms with Crippen molar-refractivity contribution >= 4 is 5.69 Å². The third kappa shape index (κ3) is 3.02. The molecule has 18 heavy (non-hydrogen) atoms. The molecular weight excluding hydrogens is 227 g/mol. The standard InChI is InChI=1S/C15H23FN2/c1-12-6-4-3-5-9-18(12)15-8-7-13(11-17-2)10-14(15)16/h7-8,10,12,17H,3-6,9,11H2,1-2H3. The van der Waals surface area contributed by atoms with Crippen LogP contribution in [0, 0.1) is 5.82 Å². The minimum Gasteiger partial charge on any atom is -0.366 e. The van der Waals surface area contributed by atoms with Crippen LogP contribution in [-0.4, -0.2) is 19.6 Å². The molecule has 0 radical (unpaired) electrons. The topological polar surface area (TPSA) is 15.3 Å². The summed E-state index contributed by atoms with van der Waals surface area (Å²) in [6.45, 7) is 3.89. The van der Waals surface area contributed by atoms with E-state index in [1.54, 1.807) is 6.07 Å². The minimum absolute atomic E-state index is 0.0866. The van der Waals surface area contributed by atoms with E-state index in [0.717, 1.165) is 24.2 Å². The highest BCUT2D eigenvalue weighted by Crippen LogP contribution is 2.27. The SMILES string of the molecule is CNCc1ccc(N2CCCCCC2C)c(F)c1. The van der Waals surface area contributed by atoms with Gasteiger partial charge in [-0.2, -0.15) is 0 Å². The van der Waals surface area contributed by atoms with Gasteiger partial charge in [-0.1, -0.05) is 18.9 Å². The van der Waals surface area contributed by atoms with Crippen molar-refractivity contribution in [1.82, 2.24) is 5.32 Å². The maximum absolute atomic E-state index is 14.2. The van der Waals surface area contributed by atoms with Crippen molar-refractivity contribution in [2.75, 3.05) is 18.5 Å². The van der Waals surface area contributed by atoms with E-state index in [4.69, 9.17) is 0 Å². The van der Waals surface area contributed by atoms with Crippen molar-refractivity contribution < 1.29 is 4.39 Å². The van der Waals surface area contributed by atoms with Crippen LogP contribution >= 0.6 is 0 Å². The number of anilines is 1. The molecule has 0 saturated carbocycles. The van der Waals surface area contributed by atoms with Gasteiger partial charge >= 0.3 is 0 Å². The molecule has 0 aromatic heterocycles. The van der Waals surface area contributed by atoms with Crippen LogP contribution in [0.15, 0.2) is 18.2 Å². The summed E-state index contributed by atoms with van der Waals surface area (Å²) in [5.41, 5.74) is 1.77. The Bertz CT molecular complexity index is 392. The second-order valence-corrected chi connectivity index (χ2v) is 5.21. The van der Waals surface area contributed by atoms with Crippen LogP contribution in [0.25, 0.3) is 0 Å². The summed E-state index contributed by atoms with van der Waals surface area (Å²) in [7, 11) is 1.88. The van der Waals surface area contributed by atoms with Gasteiger partial charge in [-0.15, -0.1) is 0 Å². The van der Waals surface area contributed by atoms with Crippen molar-refractivity contribution in [3.63, 3.8) is 0 Å². The van der Waals surface area contributed by atoms with Crippen LogP contribution in [0.1, 0.15) is 38.2 Å². The van der Waals surface area contributed by atoms with Gasteiger partial charge in [-0.3, -0.25) is 0 Å². The van der Waals surface area contributed by atoms with Gasteiger partial charge in [0.15, 0.2) is 0 Å². The monoisotopic (exact) mass is 250 g/mol. The van der Waals surface area contributed by atoms with Crippen LogP contribution in [0.3, 0.4) is 0 Å². The third-order valence-electron chi connectivity index (χ3n) is 3.76. The molecule has 0 spiro atoms. The van der Waals surface area contributed by atoms with E-state index in [2.05, 4.69) is 17.1 Å². The summed E-state index contributed by atoms with van der Waals surface area (Å²) in [5, 5.41) is 3.05. The van der Waals surface area contributed by atoms with Crippen molar-refractivity contribution in [3.8, 4) is 0 Å².